The number of hydrogen-bond donors (Lipinski definition) is 1. The number of aromatic nitrogens is 1. The molecule has 192 valence electrons. The normalized spacial score (nSPS) is 10.5. The number of amides is 1. The highest BCUT2D eigenvalue weighted by Crippen LogP contribution is 2.35. The maximum absolute atomic E-state index is 13.4. The van der Waals surface area contributed by atoms with Crippen LogP contribution >= 0.6 is 11.6 Å². The molecule has 0 radical (unpaired) electrons. The molecule has 0 aliphatic heterocycles. The first kappa shape index (κ1) is 26.4. The van der Waals surface area contributed by atoms with E-state index in [4.69, 9.17) is 16.3 Å². The van der Waals surface area contributed by atoms with Gasteiger partial charge in [-0.2, -0.15) is 0 Å². The number of carbonyl (C=O) groups is 3. The van der Waals surface area contributed by atoms with Crippen molar-refractivity contribution in [3.8, 4) is 5.75 Å². The maximum Gasteiger partial charge on any atom is 0.335 e. The highest BCUT2D eigenvalue weighted by atomic mass is 35.5. The fourth-order valence-corrected chi connectivity index (χ4v) is 4.11. The lowest BCUT2D eigenvalue weighted by atomic mass is 10.0. The van der Waals surface area contributed by atoms with Gasteiger partial charge in [0.25, 0.3) is 0 Å². The van der Waals surface area contributed by atoms with Crippen LogP contribution in [0.3, 0.4) is 0 Å². The standard InChI is InChI=1S/C29H24ClN3O5/c1-18(34)33(26-6-4-5-7-27(26)38-3)24-15-19(14-20(16-24)29(36)37)28(35)25-13-12-23(17-31-25)32(2)22-10-8-21(30)9-11-22/h4-17H,1-3H3,(H,36,37). The van der Waals surface area contributed by atoms with Gasteiger partial charge >= 0.3 is 5.97 Å². The zero-order valence-electron chi connectivity index (χ0n) is 20.9. The summed E-state index contributed by atoms with van der Waals surface area (Å²) in [5, 5.41) is 10.4. The number of methoxy groups -OCH3 is 1. The summed E-state index contributed by atoms with van der Waals surface area (Å²) in [6.45, 7) is 1.35. The molecule has 9 heteroatoms. The molecular weight excluding hydrogens is 506 g/mol. The van der Waals surface area contributed by atoms with Crippen LogP contribution in [-0.2, 0) is 4.79 Å². The minimum absolute atomic E-state index is 0.0763. The van der Waals surface area contributed by atoms with Gasteiger partial charge in [0.1, 0.15) is 11.4 Å². The lowest BCUT2D eigenvalue weighted by Crippen LogP contribution is -2.24. The molecule has 4 rings (SSSR count). The average molecular weight is 530 g/mol. The molecule has 0 bridgehead atoms. The van der Waals surface area contributed by atoms with Crippen LogP contribution < -0.4 is 14.5 Å². The van der Waals surface area contributed by atoms with Gasteiger partial charge in [-0.1, -0.05) is 23.7 Å². The molecule has 1 amide bonds. The molecular formula is C29H24ClN3O5. The van der Waals surface area contributed by atoms with Gasteiger partial charge in [-0.3, -0.25) is 19.5 Å². The van der Waals surface area contributed by atoms with Crippen LogP contribution in [0.15, 0.2) is 85.1 Å². The van der Waals surface area contributed by atoms with Gasteiger partial charge in [0, 0.05) is 30.2 Å². The molecule has 0 spiro atoms. The molecule has 1 N–H and O–H groups in total. The summed E-state index contributed by atoms with van der Waals surface area (Å²) < 4.78 is 5.39. The van der Waals surface area contributed by atoms with Crippen molar-refractivity contribution >= 4 is 52.0 Å². The number of ketones is 1. The van der Waals surface area contributed by atoms with Crippen LogP contribution in [0.25, 0.3) is 0 Å². The largest absolute Gasteiger partial charge is 0.495 e. The first-order chi connectivity index (χ1) is 18.2. The number of hydrogen-bond acceptors (Lipinski definition) is 6. The van der Waals surface area contributed by atoms with Gasteiger partial charge in [-0.25, -0.2) is 4.79 Å². The van der Waals surface area contributed by atoms with Gasteiger partial charge in [0.05, 0.1) is 35.9 Å². The number of aromatic carboxylic acids is 1. The Morgan fingerprint density at radius 1 is 0.868 bits per heavy atom. The van der Waals surface area contributed by atoms with Gasteiger partial charge in [-0.15, -0.1) is 0 Å². The Balaban J connectivity index is 1.71. The van der Waals surface area contributed by atoms with Gasteiger partial charge in [0.15, 0.2) is 0 Å². The van der Waals surface area contributed by atoms with Gasteiger partial charge in [0.2, 0.25) is 11.7 Å². The molecule has 3 aromatic carbocycles. The number of nitrogens with zero attached hydrogens (tertiary/aromatic N) is 3. The summed E-state index contributed by atoms with van der Waals surface area (Å²) >= 11 is 5.97. The summed E-state index contributed by atoms with van der Waals surface area (Å²) in [5.41, 5.74) is 2.30. The molecule has 8 nitrogen and oxygen atoms in total. The number of halogens is 1. The fraction of sp³-hybridized carbons (Fsp3) is 0.103. The number of carboxylic acid groups (broad SMARTS) is 1. The van der Waals surface area contributed by atoms with Crippen molar-refractivity contribution in [2.24, 2.45) is 0 Å². The van der Waals surface area contributed by atoms with E-state index in [2.05, 4.69) is 4.98 Å². The predicted octanol–water partition coefficient (Wildman–Crippen LogP) is 6.13. The second-order valence-corrected chi connectivity index (χ2v) is 8.80. The minimum atomic E-state index is -1.24. The Morgan fingerprint density at radius 2 is 1.53 bits per heavy atom. The lowest BCUT2D eigenvalue weighted by molar-refractivity contribution is -0.115. The molecule has 1 heterocycles. The third kappa shape index (κ3) is 5.50. The summed E-state index contributed by atoms with van der Waals surface area (Å²) in [6, 6.07) is 21.5. The number of para-hydroxylation sites is 2. The highest BCUT2D eigenvalue weighted by molar-refractivity contribution is 6.30. The zero-order valence-corrected chi connectivity index (χ0v) is 21.6. The molecule has 1 aromatic heterocycles. The van der Waals surface area contributed by atoms with Crippen molar-refractivity contribution in [1.82, 2.24) is 4.98 Å². The Morgan fingerprint density at radius 3 is 2.13 bits per heavy atom. The highest BCUT2D eigenvalue weighted by Gasteiger charge is 2.23. The molecule has 38 heavy (non-hydrogen) atoms. The van der Waals surface area contributed by atoms with Crippen LogP contribution in [0.5, 0.6) is 5.75 Å². The number of anilines is 4. The number of rotatable bonds is 8. The van der Waals surface area contributed by atoms with E-state index in [0.29, 0.717) is 16.5 Å². The van der Waals surface area contributed by atoms with Crippen molar-refractivity contribution in [2.75, 3.05) is 24.0 Å². The van der Waals surface area contributed by atoms with Gasteiger partial charge in [-0.05, 0) is 66.7 Å². The van der Waals surface area contributed by atoms with Crippen molar-refractivity contribution in [1.29, 1.82) is 0 Å². The quantitative estimate of drug-likeness (QED) is 0.274. The number of benzene rings is 3. The van der Waals surface area contributed by atoms with Crippen LogP contribution in [0.1, 0.15) is 33.3 Å². The summed E-state index contributed by atoms with van der Waals surface area (Å²) in [7, 11) is 3.33. The number of pyridine rings is 1. The van der Waals surface area contributed by atoms with E-state index in [9.17, 15) is 19.5 Å². The van der Waals surface area contributed by atoms with Crippen LogP contribution in [0.2, 0.25) is 5.02 Å². The Kier molecular flexibility index (Phi) is 7.74. The lowest BCUT2D eigenvalue weighted by Gasteiger charge is -2.24. The predicted molar refractivity (Wildman–Crippen MR) is 146 cm³/mol. The zero-order chi connectivity index (χ0) is 27.4. The molecule has 0 aliphatic carbocycles. The fourth-order valence-electron chi connectivity index (χ4n) is 3.98. The van der Waals surface area contributed by atoms with Crippen LogP contribution in [0.4, 0.5) is 22.7 Å². The van der Waals surface area contributed by atoms with Crippen LogP contribution in [0, 0.1) is 0 Å². The van der Waals surface area contributed by atoms with E-state index in [1.807, 2.05) is 24.1 Å². The molecule has 0 atom stereocenters. The summed E-state index contributed by atoms with van der Waals surface area (Å²) in [5.74, 6) is -1.70. The van der Waals surface area contributed by atoms with Crippen molar-refractivity contribution in [3.05, 3.63) is 107 Å². The van der Waals surface area contributed by atoms with E-state index < -0.39 is 11.8 Å². The summed E-state index contributed by atoms with van der Waals surface area (Å²) in [4.78, 5) is 45.5. The Bertz CT molecular complexity index is 1500. The number of ether oxygens (including phenoxy) is 1. The molecule has 0 unspecified atom stereocenters. The van der Waals surface area contributed by atoms with E-state index in [-0.39, 0.29) is 28.4 Å². The maximum atomic E-state index is 13.4. The Labute approximate surface area is 224 Å². The monoisotopic (exact) mass is 529 g/mol. The van der Waals surface area contributed by atoms with Crippen molar-refractivity contribution in [3.63, 3.8) is 0 Å². The third-order valence-corrected chi connectivity index (χ3v) is 6.16. The van der Waals surface area contributed by atoms with E-state index in [0.717, 1.165) is 11.4 Å². The van der Waals surface area contributed by atoms with Crippen molar-refractivity contribution < 1.29 is 24.2 Å². The molecule has 0 saturated carbocycles. The van der Waals surface area contributed by atoms with E-state index in [1.165, 1.54) is 37.1 Å². The average Bonchev–Trinajstić information content (AvgIpc) is 2.92. The second-order valence-electron chi connectivity index (χ2n) is 8.37. The first-order valence-electron chi connectivity index (χ1n) is 11.5. The molecule has 0 aliphatic rings. The number of carbonyl (C=O) groups excluding carboxylic acids is 2. The van der Waals surface area contributed by atoms with E-state index in [1.54, 1.807) is 54.7 Å². The third-order valence-electron chi connectivity index (χ3n) is 5.91. The molecule has 4 aromatic rings. The van der Waals surface area contributed by atoms with Gasteiger partial charge < -0.3 is 14.7 Å². The van der Waals surface area contributed by atoms with E-state index >= 15 is 0 Å². The topological polar surface area (TPSA) is 100 Å². The summed E-state index contributed by atoms with van der Waals surface area (Å²) in [6.07, 6.45) is 1.56. The molecule has 0 saturated heterocycles. The smallest absolute Gasteiger partial charge is 0.335 e. The SMILES string of the molecule is COc1ccccc1N(C(C)=O)c1cc(C(=O)O)cc(C(=O)c2ccc(N(C)c3ccc(Cl)cc3)cn2)c1. The second kappa shape index (κ2) is 11.1. The minimum Gasteiger partial charge on any atom is -0.495 e. The van der Waals surface area contributed by atoms with Crippen LogP contribution in [-0.4, -0.2) is 41.9 Å². The number of carboxylic acids is 1. The van der Waals surface area contributed by atoms with Crippen molar-refractivity contribution in [2.45, 2.75) is 6.92 Å². The Hall–Kier alpha value is -4.69. The molecule has 0 fully saturated rings. The first-order valence-corrected chi connectivity index (χ1v) is 11.9.